The van der Waals surface area contributed by atoms with E-state index in [0.29, 0.717) is 30.2 Å². The smallest absolute Gasteiger partial charge is 0.416 e. The summed E-state index contributed by atoms with van der Waals surface area (Å²) >= 11 is 1.64. The van der Waals surface area contributed by atoms with Gasteiger partial charge in [-0.3, -0.25) is 9.80 Å². The Kier molecular flexibility index (Phi) is 7.66. The third-order valence-electron chi connectivity index (χ3n) is 6.50. The van der Waals surface area contributed by atoms with Gasteiger partial charge in [-0.2, -0.15) is 18.2 Å². The van der Waals surface area contributed by atoms with E-state index in [1.807, 2.05) is 25.1 Å². The molecule has 1 saturated heterocycles. The molecule has 1 aliphatic heterocycles. The first-order chi connectivity index (χ1) is 18.1. The average molecular weight is 548 g/mol. The summed E-state index contributed by atoms with van der Waals surface area (Å²) in [6.07, 6.45) is -5.03. The molecule has 1 aliphatic rings. The predicted molar refractivity (Wildman–Crippen MR) is 137 cm³/mol. The van der Waals surface area contributed by atoms with Crippen LogP contribution < -0.4 is 4.74 Å². The third kappa shape index (κ3) is 6.32. The number of halogens is 3. The molecular weight excluding hydrogens is 519 g/mol. The molecule has 0 amide bonds. The van der Waals surface area contributed by atoms with Gasteiger partial charge in [-0.25, -0.2) is 4.98 Å². The Morgan fingerprint density at radius 1 is 1.16 bits per heavy atom. The number of benzene rings is 2. The number of nitrogens with zero attached hydrogens (tertiary/aromatic N) is 5. The van der Waals surface area contributed by atoms with Crippen molar-refractivity contribution < 1.29 is 27.5 Å². The van der Waals surface area contributed by atoms with E-state index >= 15 is 0 Å². The zero-order chi connectivity index (χ0) is 26.9. The minimum Gasteiger partial charge on any atom is -0.491 e. The Morgan fingerprint density at radius 2 is 1.95 bits per heavy atom. The van der Waals surface area contributed by atoms with E-state index in [0.717, 1.165) is 47.0 Å². The van der Waals surface area contributed by atoms with Gasteiger partial charge in [-0.1, -0.05) is 5.16 Å². The van der Waals surface area contributed by atoms with Crippen molar-refractivity contribution >= 4 is 21.6 Å². The van der Waals surface area contributed by atoms with E-state index in [-0.39, 0.29) is 18.5 Å². The summed E-state index contributed by atoms with van der Waals surface area (Å²) in [5, 5.41) is 15.6. The Hall–Kier alpha value is -3.06. The largest absolute Gasteiger partial charge is 0.491 e. The number of aliphatic hydroxyl groups excluding tert-OH is 1. The lowest BCUT2D eigenvalue weighted by atomic mass is 10.1. The number of hydrogen-bond donors (Lipinski definition) is 1. The Morgan fingerprint density at radius 3 is 2.68 bits per heavy atom. The fourth-order valence-corrected chi connectivity index (χ4v) is 5.35. The molecule has 12 heteroatoms. The molecule has 38 heavy (non-hydrogen) atoms. The van der Waals surface area contributed by atoms with E-state index < -0.39 is 17.8 Å². The van der Waals surface area contributed by atoms with Crippen molar-refractivity contribution in [2.75, 3.05) is 32.8 Å². The lowest BCUT2D eigenvalue weighted by Gasteiger charge is -2.39. The maximum Gasteiger partial charge on any atom is 0.416 e. The summed E-state index contributed by atoms with van der Waals surface area (Å²) in [6, 6.07) is 10.6. The molecule has 0 saturated carbocycles. The fraction of sp³-hybridized carbons (Fsp3) is 0.423. The number of aliphatic hydroxyl groups is 1. The van der Waals surface area contributed by atoms with Crippen LogP contribution in [0.2, 0.25) is 0 Å². The van der Waals surface area contributed by atoms with Crippen molar-refractivity contribution in [1.29, 1.82) is 0 Å². The summed E-state index contributed by atoms with van der Waals surface area (Å²) < 4.78 is 50.6. The quantitative estimate of drug-likeness (QED) is 0.342. The molecule has 1 fully saturated rings. The van der Waals surface area contributed by atoms with Crippen LogP contribution >= 0.6 is 11.3 Å². The topological polar surface area (TPSA) is 87.8 Å². The number of thiazole rings is 1. The zero-order valence-corrected chi connectivity index (χ0v) is 21.8. The SMILES string of the molecule is Cc1nc2cc(OC[C@H](O)CN3CCN(Cc4noc(-c5ccc(C(F)(F)F)cc5)n4)[C@H](C)C3)ccc2s1. The van der Waals surface area contributed by atoms with Crippen LogP contribution in [0, 0.1) is 6.92 Å². The van der Waals surface area contributed by atoms with Crippen molar-refractivity contribution in [2.45, 2.75) is 38.7 Å². The fourth-order valence-electron chi connectivity index (χ4n) is 4.55. The van der Waals surface area contributed by atoms with Gasteiger partial charge in [0.05, 0.1) is 27.3 Å². The van der Waals surface area contributed by atoms with E-state index in [9.17, 15) is 18.3 Å². The number of alkyl halides is 3. The molecular formula is C26H28F3N5O3S. The van der Waals surface area contributed by atoms with Crippen molar-refractivity contribution in [1.82, 2.24) is 24.9 Å². The average Bonchev–Trinajstić information content (AvgIpc) is 3.49. The number of piperazine rings is 1. The maximum atomic E-state index is 12.8. The third-order valence-corrected chi connectivity index (χ3v) is 7.45. The second kappa shape index (κ2) is 11.0. The highest BCUT2D eigenvalue weighted by Crippen LogP contribution is 2.31. The van der Waals surface area contributed by atoms with Crippen LogP contribution in [0.25, 0.3) is 21.7 Å². The second-order valence-corrected chi connectivity index (χ2v) is 10.7. The van der Waals surface area contributed by atoms with Crippen LogP contribution in [0.1, 0.15) is 23.3 Å². The van der Waals surface area contributed by atoms with Crippen LogP contribution in [-0.2, 0) is 12.7 Å². The Balaban J connectivity index is 1.09. The number of aryl methyl sites for hydroxylation is 1. The number of rotatable bonds is 8. The monoisotopic (exact) mass is 547 g/mol. The molecule has 2 aromatic heterocycles. The number of ether oxygens (including phenoxy) is 1. The summed E-state index contributed by atoms with van der Waals surface area (Å²) in [7, 11) is 0. The molecule has 202 valence electrons. The number of fused-ring (bicyclic) bond motifs is 1. The molecule has 5 rings (SSSR count). The van der Waals surface area contributed by atoms with Crippen LogP contribution in [-0.4, -0.2) is 75.0 Å². The molecule has 4 aromatic rings. The lowest BCUT2D eigenvalue weighted by molar-refractivity contribution is -0.137. The number of aromatic nitrogens is 3. The Bertz CT molecular complexity index is 1370. The highest BCUT2D eigenvalue weighted by molar-refractivity contribution is 7.18. The van der Waals surface area contributed by atoms with Gasteiger partial charge < -0.3 is 14.4 Å². The lowest BCUT2D eigenvalue weighted by Crippen LogP contribution is -2.53. The molecule has 0 bridgehead atoms. The molecule has 8 nitrogen and oxygen atoms in total. The summed E-state index contributed by atoms with van der Waals surface area (Å²) in [5.41, 5.74) is 0.613. The van der Waals surface area contributed by atoms with E-state index in [1.165, 1.54) is 12.1 Å². The summed E-state index contributed by atoms with van der Waals surface area (Å²) in [5.74, 6) is 1.35. The van der Waals surface area contributed by atoms with Gasteiger partial charge in [-0.15, -0.1) is 11.3 Å². The van der Waals surface area contributed by atoms with Gasteiger partial charge in [-0.05, 0) is 50.2 Å². The first kappa shape index (κ1) is 26.5. The van der Waals surface area contributed by atoms with E-state index in [4.69, 9.17) is 9.26 Å². The normalized spacial score (nSPS) is 18.2. The standard InChI is InChI=1S/C26H28F3N5O3S/c1-16-12-33(13-20(35)15-36-21-7-8-23-22(11-21)30-17(2)38-23)9-10-34(16)14-24-31-25(37-32-24)18-3-5-19(6-4-18)26(27,28)29/h3-8,11,16,20,35H,9-10,12-15H2,1-2H3/t16-,20-/m1/s1. The van der Waals surface area contributed by atoms with Crippen molar-refractivity contribution in [3.8, 4) is 17.2 Å². The van der Waals surface area contributed by atoms with Crippen molar-refractivity contribution in [2.24, 2.45) is 0 Å². The first-order valence-corrected chi connectivity index (χ1v) is 13.1. The van der Waals surface area contributed by atoms with Crippen LogP contribution in [0.4, 0.5) is 13.2 Å². The Labute approximate surface area is 221 Å². The van der Waals surface area contributed by atoms with Crippen molar-refractivity contribution in [3.05, 3.63) is 58.9 Å². The molecule has 2 atom stereocenters. The highest BCUT2D eigenvalue weighted by atomic mass is 32.1. The minimum atomic E-state index is -4.39. The van der Waals surface area contributed by atoms with Crippen LogP contribution in [0.15, 0.2) is 47.0 Å². The molecule has 0 radical (unpaired) electrons. The summed E-state index contributed by atoms with van der Waals surface area (Å²) in [4.78, 5) is 13.3. The number of β-amino-alcohol motifs (C(OH)–C–C–N with tert-alkyl or cyclic N) is 1. The molecule has 0 unspecified atom stereocenters. The summed E-state index contributed by atoms with van der Waals surface area (Å²) in [6.45, 7) is 7.48. The second-order valence-electron chi connectivity index (χ2n) is 9.50. The van der Waals surface area contributed by atoms with Crippen LogP contribution in [0.5, 0.6) is 5.75 Å². The van der Waals surface area contributed by atoms with Gasteiger partial charge in [0, 0.05) is 43.9 Å². The number of hydrogen-bond acceptors (Lipinski definition) is 9. The molecule has 0 aliphatic carbocycles. The van der Waals surface area contributed by atoms with Gasteiger partial charge in [0.2, 0.25) is 0 Å². The van der Waals surface area contributed by atoms with E-state index in [2.05, 4.69) is 31.8 Å². The highest BCUT2D eigenvalue weighted by Gasteiger charge is 2.30. The zero-order valence-electron chi connectivity index (χ0n) is 21.0. The van der Waals surface area contributed by atoms with Gasteiger partial charge in [0.1, 0.15) is 18.5 Å². The van der Waals surface area contributed by atoms with Gasteiger partial charge in [0.25, 0.3) is 5.89 Å². The van der Waals surface area contributed by atoms with Gasteiger partial charge in [0.15, 0.2) is 5.82 Å². The molecule has 1 N–H and O–H groups in total. The first-order valence-electron chi connectivity index (χ1n) is 12.3. The molecule has 0 spiro atoms. The van der Waals surface area contributed by atoms with E-state index in [1.54, 1.807) is 11.3 Å². The maximum absolute atomic E-state index is 12.8. The van der Waals surface area contributed by atoms with Gasteiger partial charge >= 0.3 is 6.18 Å². The minimum absolute atomic E-state index is 0.181. The van der Waals surface area contributed by atoms with Crippen molar-refractivity contribution in [3.63, 3.8) is 0 Å². The van der Waals surface area contributed by atoms with Crippen LogP contribution in [0.3, 0.4) is 0 Å². The molecule has 2 aromatic carbocycles. The predicted octanol–water partition coefficient (Wildman–Crippen LogP) is 4.62. The molecule has 3 heterocycles.